The van der Waals surface area contributed by atoms with Gasteiger partial charge in [0, 0.05) is 17.9 Å². The monoisotopic (exact) mass is 304 g/mol. The molecule has 124 valence electrons. The van der Waals surface area contributed by atoms with Crippen molar-refractivity contribution < 1.29 is 9.47 Å². The van der Waals surface area contributed by atoms with Crippen molar-refractivity contribution in [3.63, 3.8) is 0 Å². The summed E-state index contributed by atoms with van der Waals surface area (Å²) in [5.41, 5.74) is 5.05. The number of rotatable bonds is 3. The van der Waals surface area contributed by atoms with Crippen molar-refractivity contribution in [3.8, 4) is 0 Å². The second kappa shape index (κ2) is 5.35. The molecule has 0 N–H and O–H groups in total. The lowest BCUT2D eigenvalue weighted by atomic mass is 9.59. The first-order valence-electron chi connectivity index (χ1n) is 8.22. The van der Waals surface area contributed by atoms with Gasteiger partial charge in [-0.1, -0.05) is 39.8 Å². The van der Waals surface area contributed by atoms with Crippen LogP contribution in [0.15, 0.2) is 12.1 Å². The van der Waals surface area contributed by atoms with Gasteiger partial charge in [-0.2, -0.15) is 0 Å². The lowest BCUT2D eigenvalue weighted by Crippen LogP contribution is -2.47. The molecule has 1 aliphatic rings. The Balaban J connectivity index is 2.56. The summed E-state index contributed by atoms with van der Waals surface area (Å²) in [6.07, 6.45) is 0.0851. The fraction of sp³-hybridized carbons (Fsp3) is 0.700. The van der Waals surface area contributed by atoms with Crippen molar-refractivity contribution in [2.24, 2.45) is 10.8 Å². The number of methoxy groups -OCH3 is 1. The van der Waals surface area contributed by atoms with Crippen LogP contribution in [0.3, 0.4) is 0 Å². The molecular weight excluding hydrogens is 272 g/mol. The Hall–Kier alpha value is -0.860. The first-order chi connectivity index (χ1) is 9.98. The number of ether oxygens (including phenoxy) is 2. The third-order valence-electron chi connectivity index (χ3n) is 6.55. The van der Waals surface area contributed by atoms with E-state index in [4.69, 9.17) is 9.47 Å². The molecule has 1 aromatic rings. The van der Waals surface area contributed by atoms with Gasteiger partial charge in [0.1, 0.15) is 0 Å². The van der Waals surface area contributed by atoms with Gasteiger partial charge in [0.25, 0.3) is 0 Å². The summed E-state index contributed by atoms with van der Waals surface area (Å²) in [5, 5.41) is 0. The average Bonchev–Trinajstić information content (AvgIpc) is 2.52. The summed E-state index contributed by atoms with van der Waals surface area (Å²) in [5.74, 6) is 0. The zero-order chi connectivity index (χ0) is 16.9. The van der Waals surface area contributed by atoms with Crippen LogP contribution in [0.5, 0.6) is 0 Å². The predicted molar refractivity (Wildman–Crippen MR) is 92.3 cm³/mol. The van der Waals surface area contributed by atoms with Gasteiger partial charge in [-0.05, 0) is 49.9 Å². The first kappa shape index (κ1) is 17.5. The normalized spacial score (nSPS) is 29.8. The first-order valence-corrected chi connectivity index (χ1v) is 8.22. The second-order valence-corrected chi connectivity index (χ2v) is 8.30. The maximum Gasteiger partial charge on any atom is 0.0952 e. The Kier molecular flexibility index (Phi) is 4.25. The molecule has 0 bridgehead atoms. The highest BCUT2D eigenvalue weighted by molar-refractivity contribution is 5.39. The average molecular weight is 304 g/mol. The van der Waals surface area contributed by atoms with E-state index in [0.717, 1.165) is 0 Å². The Morgan fingerprint density at radius 2 is 1.50 bits per heavy atom. The molecule has 1 saturated heterocycles. The molecule has 2 heteroatoms. The number of hydrogen-bond acceptors (Lipinski definition) is 2. The summed E-state index contributed by atoms with van der Waals surface area (Å²) >= 11 is 0. The van der Waals surface area contributed by atoms with E-state index in [1.807, 2.05) is 0 Å². The third kappa shape index (κ3) is 2.32. The van der Waals surface area contributed by atoms with Gasteiger partial charge in [0.2, 0.25) is 0 Å². The summed E-state index contributed by atoms with van der Waals surface area (Å²) in [6, 6.07) is 4.59. The fourth-order valence-corrected chi connectivity index (χ4v) is 3.77. The lowest BCUT2D eigenvalue weighted by molar-refractivity contribution is -0.107. The van der Waals surface area contributed by atoms with Gasteiger partial charge in [-0.15, -0.1) is 0 Å². The van der Waals surface area contributed by atoms with Crippen molar-refractivity contribution in [1.82, 2.24) is 0 Å². The standard InChI is InChI=1S/C20H32O2/c1-13-10-15(3)16(11-14(13)2)17-18(4,5)19(6,7)20(8,22-17)12-21-9/h10-11,17H,12H2,1-9H3. The molecule has 1 aromatic carbocycles. The Morgan fingerprint density at radius 3 is 2.05 bits per heavy atom. The maximum absolute atomic E-state index is 6.66. The molecule has 0 radical (unpaired) electrons. The molecule has 0 amide bonds. The van der Waals surface area contributed by atoms with Crippen LogP contribution >= 0.6 is 0 Å². The molecule has 2 unspecified atom stereocenters. The van der Waals surface area contributed by atoms with E-state index in [2.05, 4.69) is 67.5 Å². The van der Waals surface area contributed by atoms with E-state index in [-0.39, 0.29) is 22.5 Å². The zero-order valence-electron chi connectivity index (χ0n) is 15.8. The molecule has 0 spiro atoms. The summed E-state index contributed by atoms with van der Waals surface area (Å²) in [4.78, 5) is 0. The Labute approximate surface area is 136 Å². The molecule has 1 aliphatic heterocycles. The fourth-order valence-electron chi connectivity index (χ4n) is 3.77. The molecule has 1 fully saturated rings. The van der Waals surface area contributed by atoms with Gasteiger partial charge in [-0.25, -0.2) is 0 Å². The molecule has 2 nitrogen and oxygen atoms in total. The number of benzene rings is 1. The molecule has 0 aliphatic carbocycles. The minimum atomic E-state index is -0.291. The quantitative estimate of drug-likeness (QED) is 0.769. The van der Waals surface area contributed by atoms with E-state index in [1.54, 1.807) is 7.11 Å². The highest BCUT2D eigenvalue weighted by Crippen LogP contribution is 2.63. The van der Waals surface area contributed by atoms with Crippen molar-refractivity contribution in [2.45, 2.75) is 67.1 Å². The Bertz CT molecular complexity index is 571. The van der Waals surface area contributed by atoms with Gasteiger partial charge in [0.15, 0.2) is 0 Å². The van der Waals surface area contributed by atoms with Crippen LogP contribution in [0.25, 0.3) is 0 Å². The van der Waals surface area contributed by atoms with E-state index in [9.17, 15) is 0 Å². The lowest BCUT2D eigenvalue weighted by Gasteiger charge is -2.43. The summed E-state index contributed by atoms with van der Waals surface area (Å²) in [6.45, 7) is 18.6. The smallest absolute Gasteiger partial charge is 0.0952 e. The third-order valence-corrected chi connectivity index (χ3v) is 6.55. The van der Waals surface area contributed by atoms with Crippen molar-refractivity contribution >= 4 is 0 Å². The van der Waals surface area contributed by atoms with Gasteiger partial charge in [-0.3, -0.25) is 0 Å². The van der Waals surface area contributed by atoms with Crippen LogP contribution in [0, 0.1) is 31.6 Å². The predicted octanol–water partition coefficient (Wildman–Crippen LogP) is 5.14. The van der Waals surface area contributed by atoms with E-state index < -0.39 is 0 Å². The molecule has 2 rings (SSSR count). The van der Waals surface area contributed by atoms with E-state index in [1.165, 1.54) is 22.3 Å². The molecular formula is C20H32O2. The highest BCUT2D eigenvalue weighted by Gasteiger charge is 2.62. The van der Waals surface area contributed by atoms with Gasteiger partial charge < -0.3 is 9.47 Å². The van der Waals surface area contributed by atoms with Gasteiger partial charge >= 0.3 is 0 Å². The van der Waals surface area contributed by atoms with Gasteiger partial charge in [0.05, 0.1) is 18.3 Å². The van der Waals surface area contributed by atoms with Crippen LogP contribution < -0.4 is 0 Å². The summed E-state index contributed by atoms with van der Waals surface area (Å²) in [7, 11) is 1.76. The Morgan fingerprint density at radius 1 is 0.955 bits per heavy atom. The SMILES string of the molecule is COCC1(C)OC(c2cc(C)c(C)cc2C)C(C)(C)C1(C)C. The molecule has 2 atom stereocenters. The zero-order valence-corrected chi connectivity index (χ0v) is 15.8. The number of hydrogen-bond donors (Lipinski definition) is 0. The molecule has 0 aromatic heterocycles. The van der Waals surface area contributed by atoms with E-state index >= 15 is 0 Å². The molecule has 1 heterocycles. The molecule has 22 heavy (non-hydrogen) atoms. The number of aryl methyl sites for hydroxylation is 3. The maximum atomic E-state index is 6.66. The van der Waals surface area contributed by atoms with Crippen LogP contribution in [0.1, 0.15) is 63.0 Å². The molecule has 0 saturated carbocycles. The minimum absolute atomic E-state index is 0.00586. The van der Waals surface area contributed by atoms with Crippen molar-refractivity contribution in [1.29, 1.82) is 0 Å². The van der Waals surface area contributed by atoms with Crippen LogP contribution in [0.4, 0.5) is 0 Å². The van der Waals surface area contributed by atoms with Crippen LogP contribution in [0.2, 0.25) is 0 Å². The minimum Gasteiger partial charge on any atom is -0.382 e. The summed E-state index contributed by atoms with van der Waals surface area (Å²) < 4.78 is 12.1. The van der Waals surface area contributed by atoms with Crippen molar-refractivity contribution in [2.75, 3.05) is 13.7 Å². The largest absolute Gasteiger partial charge is 0.382 e. The van der Waals surface area contributed by atoms with E-state index in [0.29, 0.717) is 6.61 Å². The van der Waals surface area contributed by atoms with Crippen LogP contribution in [-0.2, 0) is 9.47 Å². The van der Waals surface area contributed by atoms with Crippen molar-refractivity contribution in [3.05, 3.63) is 34.4 Å². The highest BCUT2D eigenvalue weighted by atomic mass is 16.6. The second-order valence-electron chi connectivity index (χ2n) is 8.30. The van der Waals surface area contributed by atoms with Crippen LogP contribution in [-0.4, -0.2) is 19.3 Å². The topological polar surface area (TPSA) is 18.5 Å².